The minimum absolute atomic E-state index is 0.315. The number of aliphatic hydroxyl groups is 3. The molecule has 0 amide bonds. The van der Waals surface area contributed by atoms with E-state index in [0.29, 0.717) is 36.0 Å². The van der Waals surface area contributed by atoms with Gasteiger partial charge in [-0.2, -0.15) is 0 Å². The number of fused-ring (bicyclic) bond motifs is 1. The van der Waals surface area contributed by atoms with Crippen molar-refractivity contribution >= 4 is 0 Å². The Hall–Kier alpha value is -0.900. The van der Waals surface area contributed by atoms with Crippen LogP contribution in [0.3, 0.4) is 0 Å². The summed E-state index contributed by atoms with van der Waals surface area (Å²) >= 11 is 0. The summed E-state index contributed by atoms with van der Waals surface area (Å²) in [6.45, 7) is 12.7. The standard InChI is InChI=1S/C25H40O3/c1-16(15-24(3,4)28)21-10-11-22-18(7-6-12-25(21,22)5)8-9-19-13-20(26)14-23(27)17(19)2/h8-9,16,20-23,26-28H,2,6-7,10-15H2,1,3-5H3/b18-8+,19-9-/t16-,20-,21-,22+,23+,25-/m1/s1. The maximum Gasteiger partial charge on any atom is 0.0811 e. The number of aliphatic hydroxyl groups excluding tert-OH is 2. The van der Waals surface area contributed by atoms with Crippen molar-refractivity contribution in [1.82, 2.24) is 0 Å². The van der Waals surface area contributed by atoms with Crippen LogP contribution in [0.1, 0.15) is 79.1 Å². The molecule has 3 heteroatoms. The molecule has 3 rings (SSSR count). The summed E-state index contributed by atoms with van der Waals surface area (Å²) in [4.78, 5) is 0. The van der Waals surface area contributed by atoms with E-state index in [9.17, 15) is 15.3 Å². The van der Waals surface area contributed by atoms with Gasteiger partial charge in [0.25, 0.3) is 0 Å². The lowest BCUT2D eigenvalue weighted by molar-refractivity contribution is 0.0193. The van der Waals surface area contributed by atoms with Crippen LogP contribution in [0.4, 0.5) is 0 Å². The highest BCUT2D eigenvalue weighted by molar-refractivity contribution is 5.38. The number of hydrogen-bond acceptors (Lipinski definition) is 3. The Kier molecular flexibility index (Phi) is 6.29. The fourth-order valence-electron chi connectivity index (χ4n) is 6.61. The molecule has 0 bridgehead atoms. The van der Waals surface area contributed by atoms with Gasteiger partial charge in [-0.15, -0.1) is 0 Å². The molecule has 0 spiro atoms. The van der Waals surface area contributed by atoms with Gasteiger partial charge in [0, 0.05) is 6.42 Å². The fraction of sp³-hybridized carbons (Fsp3) is 0.760. The molecule has 3 aliphatic carbocycles. The van der Waals surface area contributed by atoms with E-state index in [4.69, 9.17) is 0 Å². The summed E-state index contributed by atoms with van der Waals surface area (Å²) < 4.78 is 0. The number of allylic oxidation sites excluding steroid dienone is 3. The predicted octanol–water partition coefficient (Wildman–Crippen LogP) is 4.92. The first kappa shape index (κ1) is 21.8. The van der Waals surface area contributed by atoms with Crippen molar-refractivity contribution in [3.63, 3.8) is 0 Å². The van der Waals surface area contributed by atoms with Gasteiger partial charge in [-0.25, -0.2) is 0 Å². The van der Waals surface area contributed by atoms with Crippen LogP contribution in [0.25, 0.3) is 0 Å². The summed E-state index contributed by atoms with van der Waals surface area (Å²) in [5.74, 6) is 1.80. The first-order valence-corrected chi connectivity index (χ1v) is 11.2. The molecule has 3 fully saturated rings. The second-order valence-electron chi connectivity index (χ2n) is 10.7. The van der Waals surface area contributed by atoms with E-state index in [1.54, 1.807) is 0 Å². The average Bonchev–Trinajstić information content (AvgIpc) is 2.93. The monoisotopic (exact) mass is 388 g/mol. The van der Waals surface area contributed by atoms with Crippen molar-refractivity contribution in [2.24, 2.45) is 23.2 Å². The molecule has 0 aromatic heterocycles. The Balaban J connectivity index is 1.79. The lowest BCUT2D eigenvalue weighted by atomic mass is 9.60. The third kappa shape index (κ3) is 4.47. The van der Waals surface area contributed by atoms with Crippen LogP contribution in [0, 0.1) is 23.2 Å². The summed E-state index contributed by atoms with van der Waals surface area (Å²) in [6.07, 6.45) is 11.3. The zero-order valence-electron chi connectivity index (χ0n) is 18.2. The van der Waals surface area contributed by atoms with Crippen LogP contribution in [-0.2, 0) is 0 Å². The van der Waals surface area contributed by atoms with Gasteiger partial charge in [0.05, 0.1) is 17.8 Å². The van der Waals surface area contributed by atoms with Gasteiger partial charge < -0.3 is 15.3 Å². The summed E-state index contributed by atoms with van der Waals surface area (Å²) in [5.41, 5.74) is 3.01. The van der Waals surface area contributed by atoms with Crippen LogP contribution in [0.5, 0.6) is 0 Å². The molecule has 6 atom stereocenters. The van der Waals surface area contributed by atoms with Crippen LogP contribution in [0.2, 0.25) is 0 Å². The molecule has 0 radical (unpaired) electrons. The Bertz CT molecular complexity index is 653. The molecule has 0 unspecified atom stereocenters. The van der Waals surface area contributed by atoms with Crippen molar-refractivity contribution in [2.45, 2.75) is 96.9 Å². The van der Waals surface area contributed by atoms with E-state index < -0.39 is 17.8 Å². The second-order valence-corrected chi connectivity index (χ2v) is 10.7. The SMILES string of the molecule is C=C1/C(=C\C=C2/CCC[C@]3(C)[C@@H]([C@H](C)CC(C)(C)O)CC[C@@H]23)C[C@@H](O)C[C@@H]1O. The molecule has 3 saturated carbocycles. The molecule has 3 nitrogen and oxygen atoms in total. The Morgan fingerprint density at radius 2 is 1.96 bits per heavy atom. The zero-order chi connectivity index (χ0) is 20.7. The highest BCUT2D eigenvalue weighted by atomic mass is 16.3. The van der Waals surface area contributed by atoms with Crippen LogP contribution >= 0.6 is 0 Å². The smallest absolute Gasteiger partial charge is 0.0811 e. The largest absolute Gasteiger partial charge is 0.393 e. The fourth-order valence-corrected chi connectivity index (χ4v) is 6.61. The van der Waals surface area contributed by atoms with Gasteiger partial charge in [0.2, 0.25) is 0 Å². The Morgan fingerprint density at radius 1 is 1.25 bits per heavy atom. The topological polar surface area (TPSA) is 60.7 Å². The maximum atomic E-state index is 10.3. The van der Waals surface area contributed by atoms with Gasteiger partial charge in [-0.05, 0) is 93.1 Å². The molecule has 3 aliphatic rings. The molecule has 0 heterocycles. The molecular formula is C25H40O3. The average molecular weight is 389 g/mol. The minimum Gasteiger partial charge on any atom is -0.393 e. The van der Waals surface area contributed by atoms with Crippen LogP contribution < -0.4 is 0 Å². The van der Waals surface area contributed by atoms with Crippen molar-refractivity contribution < 1.29 is 15.3 Å². The van der Waals surface area contributed by atoms with Crippen molar-refractivity contribution in [3.8, 4) is 0 Å². The summed E-state index contributed by atoms with van der Waals surface area (Å²) in [6, 6.07) is 0. The molecular weight excluding hydrogens is 348 g/mol. The van der Waals surface area contributed by atoms with Crippen LogP contribution in [0.15, 0.2) is 35.5 Å². The second kappa shape index (κ2) is 8.08. The third-order valence-electron chi connectivity index (χ3n) is 7.81. The van der Waals surface area contributed by atoms with Crippen molar-refractivity contribution in [1.29, 1.82) is 0 Å². The minimum atomic E-state index is -0.622. The molecule has 0 aliphatic heterocycles. The van der Waals surface area contributed by atoms with E-state index in [0.717, 1.165) is 24.0 Å². The van der Waals surface area contributed by atoms with Gasteiger partial charge in [-0.3, -0.25) is 0 Å². The van der Waals surface area contributed by atoms with Gasteiger partial charge >= 0.3 is 0 Å². The van der Waals surface area contributed by atoms with Gasteiger partial charge in [0.15, 0.2) is 0 Å². The first-order valence-electron chi connectivity index (χ1n) is 11.2. The number of hydrogen-bond donors (Lipinski definition) is 3. The van der Waals surface area contributed by atoms with E-state index in [1.165, 1.54) is 31.3 Å². The molecule has 3 N–H and O–H groups in total. The van der Waals surface area contributed by atoms with E-state index in [2.05, 4.69) is 32.6 Å². The lowest BCUT2D eigenvalue weighted by Crippen LogP contribution is -2.37. The van der Waals surface area contributed by atoms with Gasteiger partial charge in [-0.1, -0.05) is 38.2 Å². The first-order chi connectivity index (χ1) is 13.0. The Morgan fingerprint density at radius 3 is 2.64 bits per heavy atom. The molecule has 0 aromatic rings. The maximum absolute atomic E-state index is 10.3. The molecule has 158 valence electrons. The van der Waals surface area contributed by atoms with E-state index in [1.807, 2.05) is 13.8 Å². The molecule has 0 aromatic carbocycles. The molecule has 0 saturated heterocycles. The van der Waals surface area contributed by atoms with E-state index in [-0.39, 0.29) is 0 Å². The lowest BCUT2D eigenvalue weighted by Gasteiger charge is -2.45. The van der Waals surface area contributed by atoms with E-state index >= 15 is 0 Å². The quantitative estimate of drug-likeness (QED) is 0.640. The summed E-state index contributed by atoms with van der Waals surface area (Å²) in [7, 11) is 0. The predicted molar refractivity (Wildman–Crippen MR) is 115 cm³/mol. The normalized spacial score (nSPS) is 40.8. The van der Waals surface area contributed by atoms with Crippen molar-refractivity contribution in [3.05, 3.63) is 35.5 Å². The van der Waals surface area contributed by atoms with Gasteiger partial charge in [0.1, 0.15) is 0 Å². The number of rotatable bonds is 4. The third-order valence-corrected chi connectivity index (χ3v) is 7.81. The Labute approximate surface area is 171 Å². The molecule has 28 heavy (non-hydrogen) atoms. The summed E-state index contributed by atoms with van der Waals surface area (Å²) in [5, 5.41) is 30.4. The highest BCUT2D eigenvalue weighted by Gasteiger charge is 2.51. The van der Waals surface area contributed by atoms with Crippen molar-refractivity contribution in [2.75, 3.05) is 0 Å². The highest BCUT2D eigenvalue weighted by Crippen LogP contribution is 2.60. The zero-order valence-corrected chi connectivity index (χ0v) is 18.2. The van der Waals surface area contributed by atoms with Crippen LogP contribution in [-0.4, -0.2) is 33.1 Å².